The van der Waals surface area contributed by atoms with Crippen LogP contribution in [0.5, 0.6) is 5.75 Å². The third kappa shape index (κ3) is 5.06. The zero-order chi connectivity index (χ0) is 20.8. The molecule has 1 heterocycles. The number of hydrogen-bond donors (Lipinski definition) is 1. The maximum atomic E-state index is 12.3. The van der Waals surface area contributed by atoms with Crippen LogP contribution in [0.15, 0.2) is 59.5 Å². The summed E-state index contributed by atoms with van der Waals surface area (Å²) in [4.78, 5) is 24.3. The lowest BCUT2D eigenvalue weighted by atomic mass is 9.98. The number of carbonyl (C=O) groups is 1. The maximum Gasteiger partial charge on any atom is 0.222 e. The molecule has 4 rings (SSSR count). The van der Waals surface area contributed by atoms with Crippen molar-refractivity contribution in [3.63, 3.8) is 0 Å². The van der Waals surface area contributed by atoms with E-state index in [4.69, 9.17) is 4.74 Å². The quantitative estimate of drug-likeness (QED) is 0.649. The Labute approximate surface area is 175 Å². The largest absolute Gasteiger partial charge is 0.490 e. The summed E-state index contributed by atoms with van der Waals surface area (Å²) in [6.07, 6.45) is 7.92. The average Bonchev–Trinajstić information content (AvgIpc) is 2.78. The topological polar surface area (TPSA) is 73.2 Å². The highest BCUT2D eigenvalue weighted by atomic mass is 16.5. The van der Waals surface area contributed by atoms with Gasteiger partial charge in [-0.15, -0.1) is 0 Å². The lowest BCUT2D eigenvalue weighted by Crippen LogP contribution is -2.25. The number of ether oxygens (including phenoxy) is 1. The van der Waals surface area contributed by atoms with E-state index in [1.807, 2.05) is 42.5 Å². The molecule has 6 nitrogen and oxygen atoms in total. The summed E-state index contributed by atoms with van der Waals surface area (Å²) >= 11 is 0. The molecular formula is C24H27N3O3. The van der Waals surface area contributed by atoms with Crippen molar-refractivity contribution in [1.82, 2.24) is 15.1 Å². The summed E-state index contributed by atoms with van der Waals surface area (Å²) in [5.74, 6) is 0.816. The van der Waals surface area contributed by atoms with Crippen molar-refractivity contribution in [1.29, 1.82) is 0 Å². The van der Waals surface area contributed by atoms with Crippen molar-refractivity contribution in [3.05, 3.63) is 70.5 Å². The van der Waals surface area contributed by atoms with Crippen LogP contribution in [0.2, 0.25) is 0 Å². The summed E-state index contributed by atoms with van der Waals surface area (Å²) < 4.78 is 7.81. The molecule has 0 spiro atoms. The molecule has 0 atom stereocenters. The van der Waals surface area contributed by atoms with E-state index >= 15 is 0 Å². The van der Waals surface area contributed by atoms with Crippen LogP contribution in [0.25, 0.3) is 10.9 Å². The van der Waals surface area contributed by atoms with E-state index in [-0.39, 0.29) is 17.8 Å². The van der Waals surface area contributed by atoms with Crippen molar-refractivity contribution in [2.45, 2.75) is 57.7 Å². The maximum absolute atomic E-state index is 12.3. The van der Waals surface area contributed by atoms with E-state index < -0.39 is 0 Å². The lowest BCUT2D eigenvalue weighted by Gasteiger charge is -2.23. The number of benzene rings is 2. The Bertz CT molecular complexity index is 1070. The highest BCUT2D eigenvalue weighted by Gasteiger charge is 2.15. The molecule has 0 saturated heterocycles. The first-order valence-electron chi connectivity index (χ1n) is 10.7. The minimum atomic E-state index is -0.110. The number of nitrogens with one attached hydrogen (secondary N) is 1. The van der Waals surface area contributed by atoms with Crippen molar-refractivity contribution in [2.75, 3.05) is 0 Å². The first-order chi connectivity index (χ1) is 14.7. The van der Waals surface area contributed by atoms with E-state index in [1.54, 1.807) is 10.7 Å². The van der Waals surface area contributed by atoms with Gasteiger partial charge in [-0.05, 0) is 55.5 Å². The predicted octanol–water partition coefficient (Wildman–Crippen LogP) is 3.81. The van der Waals surface area contributed by atoms with Gasteiger partial charge in [-0.3, -0.25) is 14.3 Å². The molecular weight excluding hydrogens is 378 g/mol. The summed E-state index contributed by atoms with van der Waals surface area (Å²) in [7, 11) is 0. The SMILES string of the molecule is O=C(CCn1ncc(=O)c2ccccc21)NCc1cccc(OC2CCCCC2)c1. The molecule has 1 amide bonds. The van der Waals surface area contributed by atoms with Crippen molar-refractivity contribution >= 4 is 16.8 Å². The van der Waals surface area contributed by atoms with Crippen LogP contribution in [0, 0.1) is 0 Å². The van der Waals surface area contributed by atoms with Crippen LogP contribution in [0.4, 0.5) is 0 Å². The van der Waals surface area contributed by atoms with Crippen LogP contribution < -0.4 is 15.5 Å². The van der Waals surface area contributed by atoms with Crippen LogP contribution in [-0.4, -0.2) is 21.8 Å². The Morgan fingerprint density at radius 2 is 1.93 bits per heavy atom. The molecule has 1 fully saturated rings. The highest BCUT2D eigenvalue weighted by molar-refractivity contribution is 5.79. The Balaban J connectivity index is 1.31. The van der Waals surface area contributed by atoms with Gasteiger partial charge in [-0.2, -0.15) is 5.10 Å². The van der Waals surface area contributed by atoms with Gasteiger partial charge in [-0.25, -0.2) is 0 Å². The Kier molecular flexibility index (Phi) is 6.42. The van der Waals surface area contributed by atoms with Gasteiger partial charge < -0.3 is 10.1 Å². The normalized spacial score (nSPS) is 14.5. The van der Waals surface area contributed by atoms with Crippen molar-refractivity contribution < 1.29 is 9.53 Å². The summed E-state index contributed by atoms with van der Waals surface area (Å²) in [6, 6.07) is 15.3. The van der Waals surface area contributed by atoms with Crippen LogP contribution in [0.3, 0.4) is 0 Å². The summed E-state index contributed by atoms with van der Waals surface area (Å²) in [6.45, 7) is 0.872. The molecule has 1 saturated carbocycles. The molecule has 30 heavy (non-hydrogen) atoms. The van der Waals surface area contributed by atoms with Crippen LogP contribution in [0.1, 0.15) is 44.1 Å². The van der Waals surface area contributed by atoms with Gasteiger partial charge in [0, 0.05) is 18.4 Å². The predicted molar refractivity (Wildman–Crippen MR) is 116 cm³/mol. The molecule has 6 heteroatoms. The van der Waals surface area contributed by atoms with E-state index in [9.17, 15) is 9.59 Å². The number of carbonyl (C=O) groups excluding carboxylic acids is 1. The second-order valence-electron chi connectivity index (χ2n) is 7.80. The fourth-order valence-electron chi connectivity index (χ4n) is 3.94. The molecule has 1 aromatic heterocycles. The van der Waals surface area contributed by atoms with Crippen LogP contribution >= 0.6 is 0 Å². The van der Waals surface area contributed by atoms with E-state index in [2.05, 4.69) is 10.4 Å². The third-order valence-corrected chi connectivity index (χ3v) is 5.56. The Morgan fingerprint density at radius 3 is 2.80 bits per heavy atom. The fraction of sp³-hybridized carbons (Fsp3) is 0.375. The first kappa shape index (κ1) is 20.1. The lowest BCUT2D eigenvalue weighted by molar-refractivity contribution is -0.121. The number of hydrogen-bond acceptors (Lipinski definition) is 4. The number of aromatic nitrogens is 2. The van der Waals surface area contributed by atoms with Gasteiger partial charge in [0.2, 0.25) is 11.3 Å². The highest BCUT2D eigenvalue weighted by Crippen LogP contribution is 2.24. The second kappa shape index (κ2) is 9.57. The minimum absolute atomic E-state index is 0.0572. The van der Waals surface area contributed by atoms with Crippen molar-refractivity contribution in [2.24, 2.45) is 0 Å². The smallest absolute Gasteiger partial charge is 0.222 e. The van der Waals surface area contributed by atoms with Gasteiger partial charge in [0.25, 0.3) is 0 Å². The van der Waals surface area contributed by atoms with Crippen molar-refractivity contribution in [3.8, 4) is 5.75 Å². The van der Waals surface area contributed by atoms with Gasteiger partial charge in [0.05, 0.1) is 24.4 Å². The molecule has 156 valence electrons. The number of aryl methyl sites for hydroxylation is 1. The number of rotatable bonds is 7. The standard InChI is InChI=1S/C24H27N3O3/c28-23-17-26-27(22-12-5-4-11-21(22)23)14-13-24(29)25-16-18-7-6-10-20(15-18)30-19-8-2-1-3-9-19/h4-7,10-12,15,17,19H,1-3,8-9,13-14,16H2,(H,25,29). The monoisotopic (exact) mass is 405 g/mol. The number of fused-ring (bicyclic) bond motifs is 1. The third-order valence-electron chi connectivity index (χ3n) is 5.56. The summed E-state index contributed by atoms with van der Waals surface area (Å²) in [5, 5.41) is 7.75. The van der Waals surface area contributed by atoms with Gasteiger partial charge in [0.15, 0.2) is 0 Å². The Morgan fingerprint density at radius 1 is 1.10 bits per heavy atom. The molecule has 0 bridgehead atoms. The van der Waals surface area contributed by atoms with E-state index in [0.717, 1.165) is 29.7 Å². The number of para-hydroxylation sites is 1. The fourth-order valence-corrected chi connectivity index (χ4v) is 3.94. The molecule has 3 aromatic rings. The molecule has 0 radical (unpaired) electrons. The molecule has 1 aliphatic rings. The van der Waals surface area contributed by atoms with Gasteiger partial charge >= 0.3 is 0 Å². The zero-order valence-corrected chi connectivity index (χ0v) is 17.0. The molecule has 0 unspecified atom stereocenters. The summed E-state index contributed by atoms with van der Waals surface area (Å²) in [5.41, 5.74) is 1.65. The molecule has 1 N–H and O–H groups in total. The first-order valence-corrected chi connectivity index (χ1v) is 10.7. The second-order valence-corrected chi connectivity index (χ2v) is 7.80. The van der Waals surface area contributed by atoms with E-state index in [1.165, 1.54) is 25.5 Å². The van der Waals surface area contributed by atoms with E-state index in [0.29, 0.717) is 24.6 Å². The van der Waals surface area contributed by atoms with Crippen LogP contribution in [-0.2, 0) is 17.9 Å². The Hall–Kier alpha value is -3.15. The molecule has 1 aliphatic carbocycles. The molecule has 2 aromatic carbocycles. The average molecular weight is 405 g/mol. The number of nitrogens with zero attached hydrogens (tertiary/aromatic N) is 2. The number of amides is 1. The molecule has 0 aliphatic heterocycles. The van der Waals surface area contributed by atoms with Gasteiger partial charge in [-0.1, -0.05) is 30.7 Å². The minimum Gasteiger partial charge on any atom is -0.490 e. The van der Waals surface area contributed by atoms with Gasteiger partial charge in [0.1, 0.15) is 5.75 Å². The zero-order valence-electron chi connectivity index (χ0n) is 17.0.